The number of hydrogen-bond donors (Lipinski definition) is 3. The van der Waals surface area contributed by atoms with Gasteiger partial charge in [0.15, 0.2) is 0 Å². The van der Waals surface area contributed by atoms with Gasteiger partial charge in [0.1, 0.15) is 6.04 Å². The van der Waals surface area contributed by atoms with Gasteiger partial charge in [0.05, 0.1) is 5.56 Å². The number of hydrogen-bond acceptors (Lipinski definition) is 3. The van der Waals surface area contributed by atoms with Crippen LogP contribution >= 0.6 is 15.9 Å². The maximum absolute atomic E-state index is 12.1. The fraction of sp³-hybridized carbons (Fsp3) is 0.385. The van der Waals surface area contributed by atoms with Crippen molar-refractivity contribution in [3.63, 3.8) is 0 Å². The molecule has 0 aliphatic heterocycles. The van der Waals surface area contributed by atoms with E-state index in [2.05, 4.69) is 21.2 Å². The number of nitrogen functional groups attached to an aromatic ring is 1. The molecule has 0 saturated carbocycles. The highest BCUT2D eigenvalue weighted by atomic mass is 79.9. The van der Waals surface area contributed by atoms with Crippen molar-refractivity contribution in [3.8, 4) is 0 Å². The molecule has 0 aromatic heterocycles. The third-order valence-corrected chi connectivity index (χ3v) is 3.31. The van der Waals surface area contributed by atoms with Gasteiger partial charge in [-0.15, -0.1) is 0 Å². The van der Waals surface area contributed by atoms with Gasteiger partial charge in [-0.1, -0.05) is 20.8 Å². The highest BCUT2D eigenvalue weighted by molar-refractivity contribution is 9.10. The monoisotopic (exact) mass is 328 g/mol. The number of carbonyl (C=O) groups excluding carboxylic acids is 1. The SMILES string of the molecule is CC(C)(C)[C@H](NC(=O)c1cc(N)ccc1Br)C(=O)O. The number of amides is 1. The summed E-state index contributed by atoms with van der Waals surface area (Å²) in [6.07, 6.45) is 0. The first kappa shape index (κ1) is 15.5. The second kappa shape index (κ2) is 5.61. The molecule has 19 heavy (non-hydrogen) atoms. The summed E-state index contributed by atoms with van der Waals surface area (Å²) in [5, 5.41) is 11.7. The summed E-state index contributed by atoms with van der Waals surface area (Å²) in [7, 11) is 0. The van der Waals surface area contributed by atoms with Crippen LogP contribution in [0.1, 0.15) is 31.1 Å². The van der Waals surface area contributed by atoms with Gasteiger partial charge in [-0.25, -0.2) is 4.79 Å². The van der Waals surface area contributed by atoms with Gasteiger partial charge < -0.3 is 16.2 Å². The predicted molar refractivity (Wildman–Crippen MR) is 76.9 cm³/mol. The van der Waals surface area contributed by atoms with Crippen molar-refractivity contribution in [2.45, 2.75) is 26.8 Å². The summed E-state index contributed by atoms with van der Waals surface area (Å²) < 4.78 is 0.567. The number of benzene rings is 1. The highest BCUT2D eigenvalue weighted by Gasteiger charge is 2.33. The minimum Gasteiger partial charge on any atom is -0.480 e. The summed E-state index contributed by atoms with van der Waals surface area (Å²) in [6.45, 7) is 5.25. The van der Waals surface area contributed by atoms with Crippen molar-refractivity contribution in [2.24, 2.45) is 5.41 Å². The Labute approximate surface area is 120 Å². The molecule has 0 fully saturated rings. The molecule has 0 spiro atoms. The van der Waals surface area contributed by atoms with Crippen molar-refractivity contribution in [2.75, 3.05) is 5.73 Å². The lowest BCUT2D eigenvalue weighted by Gasteiger charge is -2.27. The molecule has 0 unspecified atom stereocenters. The van der Waals surface area contributed by atoms with Crippen LogP contribution < -0.4 is 11.1 Å². The van der Waals surface area contributed by atoms with Crippen molar-refractivity contribution in [1.29, 1.82) is 0 Å². The molecule has 1 amide bonds. The number of anilines is 1. The van der Waals surface area contributed by atoms with E-state index in [1.165, 1.54) is 6.07 Å². The Kier molecular flexibility index (Phi) is 4.57. The van der Waals surface area contributed by atoms with Crippen molar-refractivity contribution >= 4 is 33.5 Å². The largest absolute Gasteiger partial charge is 0.480 e. The highest BCUT2D eigenvalue weighted by Crippen LogP contribution is 2.23. The number of carbonyl (C=O) groups is 2. The van der Waals surface area contributed by atoms with E-state index in [1.807, 2.05) is 0 Å². The molecule has 0 bridgehead atoms. The third kappa shape index (κ3) is 3.96. The summed E-state index contributed by atoms with van der Waals surface area (Å²) in [5.74, 6) is -1.54. The van der Waals surface area contributed by atoms with Gasteiger partial charge in [0, 0.05) is 10.2 Å². The fourth-order valence-electron chi connectivity index (χ4n) is 1.57. The number of nitrogens with two attached hydrogens (primary N) is 1. The van der Waals surface area contributed by atoms with Crippen molar-refractivity contribution < 1.29 is 14.7 Å². The molecule has 1 rings (SSSR count). The number of halogens is 1. The van der Waals surface area contributed by atoms with E-state index in [0.29, 0.717) is 15.7 Å². The predicted octanol–water partition coefficient (Wildman–Crippen LogP) is 2.26. The second-order valence-corrected chi connectivity index (χ2v) is 6.20. The Morgan fingerprint density at radius 3 is 2.42 bits per heavy atom. The average molecular weight is 329 g/mol. The van der Waals surface area contributed by atoms with Crippen LogP contribution in [0.15, 0.2) is 22.7 Å². The van der Waals surface area contributed by atoms with Gasteiger partial charge in [-0.3, -0.25) is 4.79 Å². The molecule has 0 heterocycles. The van der Waals surface area contributed by atoms with Crippen LogP contribution in [0.3, 0.4) is 0 Å². The quantitative estimate of drug-likeness (QED) is 0.742. The third-order valence-electron chi connectivity index (χ3n) is 2.62. The molecule has 4 N–H and O–H groups in total. The van der Waals surface area contributed by atoms with Gasteiger partial charge in [-0.05, 0) is 39.5 Å². The first-order valence-electron chi connectivity index (χ1n) is 5.71. The van der Waals surface area contributed by atoms with Crippen molar-refractivity contribution in [1.82, 2.24) is 5.32 Å². The lowest BCUT2D eigenvalue weighted by atomic mass is 9.86. The Morgan fingerprint density at radius 1 is 1.37 bits per heavy atom. The Morgan fingerprint density at radius 2 is 1.95 bits per heavy atom. The van der Waals surface area contributed by atoms with E-state index in [1.54, 1.807) is 32.9 Å². The lowest BCUT2D eigenvalue weighted by molar-refractivity contribution is -0.142. The van der Waals surface area contributed by atoms with Crippen LogP contribution in [0.25, 0.3) is 0 Å². The molecular weight excluding hydrogens is 312 g/mol. The summed E-state index contributed by atoms with van der Waals surface area (Å²) in [4.78, 5) is 23.3. The number of carboxylic acids is 1. The second-order valence-electron chi connectivity index (χ2n) is 5.35. The van der Waals surface area contributed by atoms with E-state index >= 15 is 0 Å². The van der Waals surface area contributed by atoms with Crippen LogP contribution in [0.2, 0.25) is 0 Å². The maximum Gasteiger partial charge on any atom is 0.326 e. The minimum atomic E-state index is -1.07. The van der Waals surface area contributed by atoms with Gasteiger partial charge in [0.25, 0.3) is 5.91 Å². The van der Waals surface area contributed by atoms with Crippen molar-refractivity contribution in [3.05, 3.63) is 28.2 Å². The molecule has 1 atom stereocenters. The zero-order valence-electron chi connectivity index (χ0n) is 11.0. The molecule has 5 nitrogen and oxygen atoms in total. The maximum atomic E-state index is 12.1. The normalized spacial score (nSPS) is 12.8. The molecular formula is C13H17BrN2O3. The van der Waals surface area contributed by atoms with E-state index < -0.39 is 23.3 Å². The number of carboxylic acid groups (broad SMARTS) is 1. The molecule has 0 saturated heterocycles. The smallest absolute Gasteiger partial charge is 0.326 e. The van der Waals surface area contributed by atoms with Crippen LogP contribution in [-0.4, -0.2) is 23.0 Å². The molecule has 0 aliphatic rings. The van der Waals surface area contributed by atoms with Gasteiger partial charge in [0.2, 0.25) is 0 Å². The molecule has 6 heteroatoms. The zero-order chi connectivity index (χ0) is 14.8. The molecule has 104 valence electrons. The van der Waals surface area contributed by atoms with Gasteiger partial charge in [-0.2, -0.15) is 0 Å². The molecule has 1 aromatic rings. The topological polar surface area (TPSA) is 92.4 Å². The van der Waals surface area contributed by atoms with E-state index in [-0.39, 0.29) is 0 Å². The summed E-state index contributed by atoms with van der Waals surface area (Å²) in [6, 6.07) is 3.82. The molecule has 0 aliphatic carbocycles. The fourth-order valence-corrected chi connectivity index (χ4v) is 2.00. The van der Waals surface area contributed by atoms with Crippen LogP contribution in [0, 0.1) is 5.41 Å². The molecule has 0 radical (unpaired) electrons. The van der Waals surface area contributed by atoms with Crippen LogP contribution in [0.5, 0.6) is 0 Å². The Bertz CT molecular complexity index is 509. The number of aliphatic carboxylic acids is 1. The first-order chi connectivity index (χ1) is 8.62. The van der Waals surface area contributed by atoms with E-state index in [4.69, 9.17) is 5.73 Å². The lowest BCUT2D eigenvalue weighted by Crippen LogP contribution is -2.49. The standard InChI is InChI=1S/C13H17BrN2O3/c1-13(2,3)10(12(18)19)16-11(17)8-6-7(15)4-5-9(8)14/h4-6,10H,15H2,1-3H3,(H,16,17)(H,18,19)/t10-/m1/s1. The summed E-state index contributed by atoms with van der Waals surface area (Å²) in [5.41, 5.74) is 5.79. The minimum absolute atomic E-state index is 0.315. The Hall–Kier alpha value is -1.56. The zero-order valence-corrected chi connectivity index (χ0v) is 12.6. The van der Waals surface area contributed by atoms with Crippen LogP contribution in [0.4, 0.5) is 5.69 Å². The Balaban J connectivity index is 3.01. The van der Waals surface area contributed by atoms with Crippen LogP contribution in [-0.2, 0) is 4.79 Å². The molecule has 1 aromatic carbocycles. The summed E-state index contributed by atoms with van der Waals surface area (Å²) >= 11 is 3.24. The number of rotatable bonds is 3. The number of nitrogens with one attached hydrogen (secondary N) is 1. The van der Waals surface area contributed by atoms with E-state index in [0.717, 1.165) is 0 Å². The average Bonchev–Trinajstić information content (AvgIpc) is 2.26. The van der Waals surface area contributed by atoms with Gasteiger partial charge >= 0.3 is 5.97 Å². The first-order valence-corrected chi connectivity index (χ1v) is 6.51. The van der Waals surface area contributed by atoms with E-state index in [9.17, 15) is 14.7 Å².